The Morgan fingerprint density at radius 1 is 1.13 bits per heavy atom. The van der Waals surface area contributed by atoms with Gasteiger partial charge in [-0.2, -0.15) is 17.5 Å². The van der Waals surface area contributed by atoms with Crippen molar-refractivity contribution < 1.29 is 35.6 Å². The number of anilines is 1. The molecule has 0 saturated heterocycles. The molecule has 2 rings (SSSR count). The Morgan fingerprint density at radius 3 is 2.27 bits per heavy atom. The monoisotopic (exact) mass is 447 g/mol. The van der Waals surface area contributed by atoms with Crippen molar-refractivity contribution in [2.24, 2.45) is 0 Å². The molecule has 0 unspecified atom stereocenters. The molecule has 0 radical (unpaired) electrons. The Kier molecular flexibility index (Phi) is 7.26. The van der Waals surface area contributed by atoms with Gasteiger partial charge >= 0.3 is 6.18 Å². The molecule has 0 spiro atoms. The summed E-state index contributed by atoms with van der Waals surface area (Å²) in [6.45, 7) is -1.51. The first-order valence-corrected chi connectivity index (χ1v) is 10.0. The molecule has 0 saturated carbocycles. The van der Waals surface area contributed by atoms with Crippen LogP contribution in [0.15, 0.2) is 52.0 Å². The highest BCUT2D eigenvalue weighted by Gasteiger charge is 2.34. The first-order chi connectivity index (χ1) is 13.9. The van der Waals surface area contributed by atoms with E-state index in [1.54, 1.807) is 0 Å². The summed E-state index contributed by atoms with van der Waals surface area (Å²) < 4.78 is 69.6. The highest BCUT2D eigenvalue weighted by Crippen LogP contribution is 2.21. The summed E-state index contributed by atoms with van der Waals surface area (Å²) in [4.78, 5) is 23.8. The number of nitrogens with one attached hydrogen (secondary N) is 1. The number of amides is 2. The normalized spacial score (nSPS) is 12.1. The van der Waals surface area contributed by atoms with Crippen LogP contribution in [-0.4, -0.2) is 55.8 Å². The number of hydrogen-bond acceptors (Lipinski definition) is 5. The van der Waals surface area contributed by atoms with Crippen molar-refractivity contribution in [1.82, 2.24) is 9.21 Å². The number of rotatable bonds is 8. The van der Waals surface area contributed by atoms with E-state index < -0.39 is 41.7 Å². The largest absolute Gasteiger partial charge is 0.467 e. The molecule has 8 nitrogen and oxygen atoms in total. The minimum atomic E-state index is -4.67. The molecule has 2 amide bonds. The van der Waals surface area contributed by atoms with Gasteiger partial charge in [0.05, 0.1) is 24.2 Å². The van der Waals surface area contributed by atoms with Gasteiger partial charge in [0.25, 0.3) is 0 Å². The molecule has 0 aliphatic rings. The lowest BCUT2D eigenvalue weighted by Crippen LogP contribution is -2.44. The van der Waals surface area contributed by atoms with Crippen LogP contribution in [-0.2, 0) is 26.2 Å². The summed E-state index contributed by atoms with van der Waals surface area (Å²) in [7, 11) is -3.06. The zero-order valence-corrected chi connectivity index (χ0v) is 17.0. The van der Waals surface area contributed by atoms with Crippen molar-refractivity contribution in [3.63, 3.8) is 0 Å². The first-order valence-electron chi connectivity index (χ1n) is 8.59. The van der Waals surface area contributed by atoms with Crippen molar-refractivity contribution >= 4 is 27.5 Å². The maximum absolute atomic E-state index is 12.9. The van der Waals surface area contributed by atoms with Gasteiger partial charge in [-0.25, -0.2) is 8.42 Å². The van der Waals surface area contributed by atoms with E-state index in [0.29, 0.717) is 14.9 Å². The highest BCUT2D eigenvalue weighted by molar-refractivity contribution is 7.89. The smallest absolute Gasteiger partial charge is 0.406 e. The molecule has 0 bridgehead atoms. The number of carbonyl (C=O) groups excluding carboxylic acids is 2. The van der Waals surface area contributed by atoms with E-state index in [1.807, 2.05) is 0 Å². The third kappa shape index (κ3) is 6.59. The van der Waals surface area contributed by atoms with E-state index in [-0.39, 0.29) is 16.6 Å². The summed E-state index contributed by atoms with van der Waals surface area (Å²) in [5.41, 5.74) is 0.370. The van der Waals surface area contributed by atoms with Gasteiger partial charge in [0, 0.05) is 19.7 Å². The minimum Gasteiger partial charge on any atom is -0.467 e. The van der Waals surface area contributed by atoms with E-state index >= 15 is 0 Å². The Morgan fingerprint density at radius 2 is 1.77 bits per heavy atom. The maximum Gasteiger partial charge on any atom is 0.406 e. The second kappa shape index (κ2) is 9.30. The summed E-state index contributed by atoms with van der Waals surface area (Å²) in [6, 6.07) is 8.03. The Labute approximate surface area is 171 Å². The van der Waals surface area contributed by atoms with Crippen LogP contribution >= 0.6 is 0 Å². The summed E-state index contributed by atoms with van der Waals surface area (Å²) in [5, 5.41) is 2.48. The van der Waals surface area contributed by atoms with Gasteiger partial charge < -0.3 is 14.6 Å². The van der Waals surface area contributed by atoms with Crippen LogP contribution in [0.4, 0.5) is 18.9 Å². The molecule has 0 aliphatic carbocycles. The van der Waals surface area contributed by atoms with Crippen molar-refractivity contribution in [3.8, 4) is 0 Å². The number of carbonyl (C=O) groups is 2. The molecule has 1 aromatic carbocycles. The lowest BCUT2D eigenvalue weighted by Gasteiger charge is -2.25. The number of nitrogens with zero attached hydrogens (tertiary/aromatic N) is 2. The third-order valence-corrected chi connectivity index (χ3v) is 5.71. The SMILES string of the molecule is CC(=O)Nc1ccc(S(=O)(=O)N(C)CC(=O)N(Cc2ccco2)CC(F)(F)F)cc1. The third-order valence-electron chi connectivity index (χ3n) is 3.89. The highest BCUT2D eigenvalue weighted by atomic mass is 32.2. The van der Waals surface area contributed by atoms with E-state index in [4.69, 9.17) is 4.42 Å². The second-order valence-electron chi connectivity index (χ2n) is 6.41. The van der Waals surface area contributed by atoms with Gasteiger partial charge in [-0.3, -0.25) is 9.59 Å². The molecule has 12 heteroatoms. The van der Waals surface area contributed by atoms with E-state index in [9.17, 15) is 31.2 Å². The van der Waals surface area contributed by atoms with Crippen molar-refractivity contribution in [1.29, 1.82) is 0 Å². The molecule has 164 valence electrons. The van der Waals surface area contributed by atoms with Crippen LogP contribution in [0.1, 0.15) is 12.7 Å². The van der Waals surface area contributed by atoms with E-state index in [0.717, 1.165) is 7.05 Å². The standard InChI is InChI=1S/C18H20F3N3O5S/c1-13(25)22-14-5-7-16(8-6-14)30(27,28)23(2)11-17(26)24(12-18(19,20)21)10-15-4-3-9-29-15/h3-9H,10-12H2,1-2H3,(H,22,25). The second-order valence-corrected chi connectivity index (χ2v) is 8.46. The summed E-state index contributed by atoms with van der Waals surface area (Å²) >= 11 is 0. The van der Waals surface area contributed by atoms with Crippen LogP contribution < -0.4 is 5.32 Å². The molecule has 0 fully saturated rings. The fourth-order valence-electron chi connectivity index (χ4n) is 2.51. The zero-order chi connectivity index (χ0) is 22.5. The average Bonchev–Trinajstić information content (AvgIpc) is 3.13. The van der Waals surface area contributed by atoms with Crippen LogP contribution in [0.5, 0.6) is 0 Å². The maximum atomic E-state index is 12.9. The summed E-state index contributed by atoms with van der Waals surface area (Å²) in [5.74, 6) is -1.24. The quantitative estimate of drug-likeness (QED) is 0.670. The van der Waals surface area contributed by atoms with Crippen LogP contribution in [0.3, 0.4) is 0 Å². The van der Waals surface area contributed by atoms with Crippen LogP contribution in [0.25, 0.3) is 0 Å². The predicted molar refractivity (Wildman–Crippen MR) is 101 cm³/mol. The number of likely N-dealkylation sites (N-methyl/N-ethyl adjacent to an activating group) is 1. The number of alkyl halides is 3. The molecular formula is C18H20F3N3O5S. The minimum absolute atomic E-state index is 0.131. The fraction of sp³-hybridized carbons (Fsp3) is 0.333. The number of furan rings is 1. The molecular weight excluding hydrogens is 427 g/mol. The van der Waals surface area contributed by atoms with Gasteiger partial charge in [0.15, 0.2) is 0 Å². The van der Waals surface area contributed by atoms with Crippen molar-refractivity contribution in [3.05, 3.63) is 48.4 Å². The van der Waals surface area contributed by atoms with E-state index in [2.05, 4.69) is 5.32 Å². The number of sulfonamides is 1. The Hall–Kier alpha value is -2.86. The lowest BCUT2D eigenvalue weighted by atomic mass is 10.3. The molecule has 2 aromatic rings. The molecule has 0 aliphatic heterocycles. The molecule has 30 heavy (non-hydrogen) atoms. The van der Waals surface area contributed by atoms with Gasteiger partial charge in [-0.15, -0.1) is 0 Å². The van der Waals surface area contributed by atoms with Crippen molar-refractivity contribution in [2.75, 3.05) is 25.5 Å². The fourth-order valence-corrected chi connectivity index (χ4v) is 3.63. The molecule has 1 N–H and O–H groups in total. The molecule has 1 aromatic heterocycles. The van der Waals surface area contributed by atoms with Crippen LogP contribution in [0, 0.1) is 0 Å². The van der Waals surface area contributed by atoms with Gasteiger partial charge in [0.2, 0.25) is 21.8 Å². The Balaban J connectivity index is 2.14. The van der Waals surface area contributed by atoms with Crippen LogP contribution in [0.2, 0.25) is 0 Å². The summed E-state index contributed by atoms with van der Waals surface area (Å²) in [6.07, 6.45) is -3.41. The van der Waals surface area contributed by atoms with Gasteiger partial charge in [-0.1, -0.05) is 0 Å². The lowest BCUT2D eigenvalue weighted by molar-refractivity contribution is -0.162. The van der Waals surface area contributed by atoms with Gasteiger partial charge in [0.1, 0.15) is 12.3 Å². The number of halogens is 3. The average molecular weight is 447 g/mol. The Bertz CT molecular complexity index is 973. The topological polar surface area (TPSA) is 99.9 Å². The van der Waals surface area contributed by atoms with E-state index in [1.165, 1.54) is 49.6 Å². The van der Waals surface area contributed by atoms with Gasteiger partial charge in [-0.05, 0) is 36.4 Å². The first kappa shape index (κ1) is 23.4. The van der Waals surface area contributed by atoms with Crippen molar-refractivity contribution in [2.45, 2.75) is 24.5 Å². The molecule has 1 heterocycles. The predicted octanol–water partition coefficient (Wildman–Crippen LogP) is 2.45. The number of hydrogen-bond donors (Lipinski definition) is 1. The zero-order valence-electron chi connectivity index (χ0n) is 16.1. The number of benzene rings is 1. The molecule has 0 atom stereocenters.